The number of H-pyrrole nitrogens is 1. The number of methoxy groups -OCH3 is 1. The number of rotatable bonds is 7. The van der Waals surface area contributed by atoms with Gasteiger partial charge >= 0.3 is 0 Å². The van der Waals surface area contributed by atoms with E-state index in [1.165, 1.54) is 0 Å². The van der Waals surface area contributed by atoms with E-state index >= 15 is 0 Å². The van der Waals surface area contributed by atoms with Gasteiger partial charge in [0.2, 0.25) is 5.91 Å². The van der Waals surface area contributed by atoms with Gasteiger partial charge in [-0.15, -0.1) is 0 Å². The molecule has 3 N–H and O–H groups in total. The first kappa shape index (κ1) is 21.2. The number of nitrogens with zero attached hydrogens (tertiary/aromatic N) is 1. The molecule has 0 bridgehead atoms. The highest BCUT2D eigenvalue weighted by atomic mass is 16.5. The number of nitrogens with one attached hydrogen (secondary N) is 3. The van der Waals surface area contributed by atoms with Gasteiger partial charge in [0.1, 0.15) is 11.8 Å². The number of fused-ring (bicyclic) bond motifs is 1. The predicted octanol–water partition coefficient (Wildman–Crippen LogP) is 4.22. The van der Waals surface area contributed by atoms with Gasteiger partial charge in [0.25, 0.3) is 5.91 Å². The number of amides is 2. The minimum Gasteiger partial charge on any atom is -0.497 e. The Morgan fingerprint density at radius 2 is 1.88 bits per heavy atom. The molecule has 1 atom stereocenters. The smallest absolute Gasteiger partial charge is 0.251 e. The Balaban J connectivity index is 1.48. The summed E-state index contributed by atoms with van der Waals surface area (Å²) < 4.78 is 10.5. The fraction of sp³-hybridized carbons (Fsp3) is 0.208. The highest BCUT2D eigenvalue weighted by molar-refractivity contribution is 6.02. The van der Waals surface area contributed by atoms with Crippen LogP contribution in [0.2, 0.25) is 0 Å². The van der Waals surface area contributed by atoms with Gasteiger partial charge in [-0.3, -0.25) is 9.59 Å². The number of hydrogen-bond acceptors (Lipinski definition) is 5. The minimum atomic E-state index is -0.708. The molecule has 0 saturated heterocycles. The number of aromatic amines is 1. The van der Waals surface area contributed by atoms with E-state index in [-0.39, 0.29) is 17.7 Å². The number of carbonyl (C=O) groups excluding carboxylic acids is 2. The summed E-state index contributed by atoms with van der Waals surface area (Å²) in [7, 11) is 1.56. The largest absolute Gasteiger partial charge is 0.497 e. The van der Waals surface area contributed by atoms with E-state index in [9.17, 15) is 9.59 Å². The molecule has 1 unspecified atom stereocenters. The van der Waals surface area contributed by atoms with Crippen molar-refractivity contribution in [2.24, 2.45) is 5.92 Å². The number of hydrogen-bond donors (Lipinski definition) is 3. The molecule has 2 aromatic heterocycles. The van der Waals surface area contributed by atoms with Gasteiger partial charge in [0.05, 0.1) is 24.4 Å². The van der Waals surface area contributed by atoms with Crippen molar-refractivity contribution in [3.05, 3.63) is 66.4 Å². The van der Waals surface area contributed by atoms with Crippen molar-refractivity contribution < 1.29 is 18.7 Å². The van der Waals surface area contributed by atoms with Crippen LogP contribution in [0.4, 0.5) is 5.69 Å². The van der Waals surface area contributed by atoms with E-state index in [1.807, 2.05) is 26.0 Å². The highest BCUT2D eigenvalue weighted by Crippen LogP contribution is 2.23. The lowest BCUT2D eigenvalue weighted by Gasteiger charge is -2.22. The number of ether oxygens (including phenoxy) is 1. The van der Waals surface area contributed by atoms with Gasteiger partial charge in [-0.1, -0.05) is 13.8 Å². The molecular formula is C24H24N4O4. The van der Waals surface area contributed by atoms with Crippen molar-refractivity contribution in [1.82, 2.24) is 15.3 Å². The summed E-state index contributed by atoms with van der Waals surface area (Å²) in [5.74, 6) is 1.16. The third kappa shape index (κ3) is 4.49. The van der Waals surface area contributed by atoms with E-state index in [4.69, 9.17) is 9.15 Å². The number of carbonyl (C=O) groups is 2. The normalized spacial score (nSPS) is 12.0. The fourth-order valence-electron chi connectivity index (χ4n) is 3.34. The Morgan fingerprint density at radius 3 is 2.53 bits per heavy atom. The van der Waals surface area contributed by atoms with Crippen LogP contribution in [0, 0.1) is 5.92 Å². The maximum atomic E-state index is 13.0. The lowest BCUT2D eigenvalue weighted by molar-refractivity contribution is -0.118. The van der Waals surface area contributed by atoms with Crippen molar-refractivity contribution in [1.29, 1.82) is 0 Å². The quantitative estimate of drug-likeness (QED) is 0.405. The first-order valence-electron chi connectivity index (χ1n) is 10.2. The van der Waals surface area contributed by atoms with Crippen molar-refractivity contribution in [3.8, 4) is 17.3 Å². The van der Waals surface area contributed by atoms with E-state index in [0.717, 1.165) is 11.0 Å². The van der Waals surface area contributed by atoms with E-state index < -0.39 is 6.04 Å². The second kappa shape index (κ2) is 8.97. The number of furan rings is 1. The number of benzene rings is 2. The lowest BCUT2D eigenvalue weighted by atomic mass is 10.0. The van der Waals surface area contributed by atoms with Gasteiger partial charge in [-0.05, 0) is 60.5 Å². The number of aromatic nitrogens is 2. The zero-order chi connectivity index (χ0) is 22.7. The zero-order valence-electron chi connectivity index (χ0n) is 18.0. The molecule has 0 fully saturated rings. The first-order chi connectivity index (χ1) is 15.4. The SMILES string of the molecule is COc1ccc(C(=O)NC(C(=O)Nc2ccc3nc(-c4ccco4)[nH]c3c2)C(C)C)cc1. The van der Waals surface area contributed by atoms with Crippen LogP contribution in [0.5, 0.6) is 5.75 Å². The molecule has 8 heteroatoms. The maximum absolute atomic E-state index is 13.0. The van der Waals surface area contributed by atoms with Crippen molar-refractivity contribution >= 4 is 28.5 Å². The molecule has 0 spiro atoms. The topological polar surface area (TPSA) is 109 Å². The average Bonchev–Trinajstić information content (AvgIpc) is 3.46. The molecule has 2 amide bonds. The van der Waals surface area contributed by atoms with Crippen LogP contribution in [0.15, 0.2) is 65.3 Å². The first-order valence-corrected chi connectivity index (χ1v) is 10.2. The summed E-state index contributed by atoms with van der Waals surface area (Å²) in [4.78, 5) is 33.3. The molecule has 0 saturated carbocycles. The molecule has 0 radical (unpaired) electrons. The molecule has 32 heavy (non-hydrogen) atoms. The van der Waals surface area contributed by atoms with E-state index in [0.29, 0.717) is 28.6 Å². The standard InChI is InChI=1S/C24H24N4O4/c1-14(2)21(28-23(29)15-6-9-17(31-3)10-7-15)24(30)25-16-8-11-18-19(13-16)27-22(26-18)20-5-4-12-32-20/h4-14,21H,1-3H3,(H,25,30)(H,26,27)(H,28,29). The van der Waals surface area contributed by atoms with Crippen LogP contribution in [-0.4, -0.2) is 34.9 Å². The summed E-state index contributed by atoms with van der Waals surface area (Å²) in [6, 6.07) is 15.0. The molecule has 4 aromatic rings. The Labute approximate surface area is 185 Å². The van der Waals surface area contributed by atoms with Crippen molar-refractivity contribution in [3.63, 3.8) is 0 Å². The monoisotopic (exact) mass is 432 g/mol. The summed E-state index contributed by atoms with van der Waals surface area (Å²) in [6.07, 6.45) is 1.58. The molecule has 2 aromatic carbocycles. The van der Waals surface area contributed by atoms with E-state index in [2.05, 4.69) is 20.6 Å². The highest BCUT2D eigenvalue weighted by Gasteiger charge is 2.25. The second-order valence-electron chi connectivity index (χ2n) is 7.71. The number of anilines is 1. The van der Waals surface area contributed by atoms with Crippen LogP contribution in [0.1, 0.15) is 24.2 Å². The van der Waals surface area contributed by atoms with Crippen LogP contribution in [-0.2, 0) is 4.79 Å². The number of imidazole rings is 1. The van der Waals surface area contributed by atoms with Gasteiger partial charge < -0.3 is 24.8 Å². The Morgan fingerprint density at radius 1 is 1.09 bits per heavy atom. The summed E-state index contributed by atoms with van der Waals surface area (Å²) in [5.41, 5.74) is 2.57. The third-order valence-electron chi connectivity index (χ3n) is 5.09. The lowest BCUT2D eigenvalue weighted by Crippen LogP contribution is -2.47. The van der Waals surface area contributed by atoms with Crippen LogP contribution >= 0.6 is 0 Å². The van der Waals surface area contributed by atoms with Crippen molar-refractivity contribution in [2.45, 2.75) is 19.9 Å². The van der Waals surface area contributed by atoms with Crippen LogP contribution < -0.4 is 15.4 Å². The summed E-state index contributed by atoms with van der Waals surface area (Å²) in [6.45, 7) is 3.76. The minimum absolute atomic E-state index is 0.112. The van der Waals surface area contributed by atoms with Gasteiger partial charge in [-0.25, -0.2) is 4.98 Å². The van der Waals surface area contributed by atoms with Gasteiger partial charge in [0.15, 0.2) is 11.6 Å². The van der Waals surface area contributed by atoms with Crippen LogP contribution in [0.25, 0.3) is 22.6 Å². The molecule has 0 aliphatic heterocycles. The van der Waals surface area contributed by atoms with Gasteiger partial charge in [-0.2, -0.15) is 0 Å². The Hall–Kier alpha value is -4.07. The maximum Gasteiger partial charge on any atom is 0.251 e. The van der Waals surface area contributed by atoms with E-state index in [1.54, 1.807) is 55.8 Å². The molecule has 8 nitrogen and oxygen atoms in total. The molecule has 164 valence electrons. The summed E-state index contributed by atoms with van der Waals surface area (Å²) in [5, 5.41) is 5.72. The second-order valence-corrected chi connectivity index (χ2v) is 7.71. The molecule has 2 heterocycles. The molecule has 0 aliphatic rings. The van der Waals surface area contributed by atoms with Gasteiger partial charge in [0, 0.05) is 11.3 Å². The third-order valence-corrected chi connectivity index (χ3v) is 5.09. The zero-order valence-corrected chi connectivity index (χ0v) is 18.0. The van der Waals surface area contributed by atoms with Crippen molar-refractivity contribution in [2.75, 3.05) is 12.4 Å². The Kier molecular flexibility index (Phi) is 5.93. The van der Waals surface area contributed by atoms with Crippen LogP contribution in [0.3, 0.4) is 0 Å². The summed E-state index contributed by atoms with van der Waals surface area (Å²) >= 11 is 0. The fourth-order valence-corrected chi connectivity index (χ4v) is 3.34. The molecule has 0 aliphatic carbocycles. The predicted molar refractivity (Wildman–Crippen MR) is 122 cm³/mol. The molecule has 4 rings (SSSR count). The average molecular weight is 432 g/mol. The molecular weight excluding hydrogens is 408 g/mol. The Bertz CT molecular complexity index is 1230.